The van der Waals surface area contributed by atoms with E-state index >= 15 is 0 Å². The lowest BCUT2D eigenvalue weighted by molar-refractivity contribution is -0.167. The van der Waals surface area contributed by atoms with Gasteiger partial charge in [-0.25, -0.2) is 0 Å². The number of allylic oxidation sites excluding steroid dienone is 12. The monoisotopic (exact) mass is 907 g/mol. The van der Waals surface area contributed by atoms with Crippen LogP contribution in [-0.4, -0.2) is 37.2 Å². The number of hydrogen-bond acceptors (Lipinski definition) is 6. The van der Waals surface area contributed by atoms with Crippen LogP contribution in [0.4, 0.5) is 0 Å². The molecule has 6 heteroatoms. The molecular formula is C59H102O6. The summed E-state index contributed by atoms with van der Waals surface area (Å²) in [6.07, 6.45) is 67.4. The highest BCUT2D eigenvalue weighted by Gasteiger charge is 2.19. The average Bonchev–Trinajstić information content (AvgIpc) is 3.30. The van der Waals surface area contributed by atoms with Crippen molar-refractivity contribution in [2.75, 3.05) is 13.2 Å². The van der Waals surface area contributed by atoms with Crippen LogP contribution in [0.1, 0.15) is 265 Å². The highest BCUT2D eigenvalue weighted by Crippen LogP contribution is 2.14. The van der Waals surface area contributed by atoms with Crippen LogP contribution in [0, 0.1) is 0 Å². The molecule has 0 aromatic rings. The lowest BCUT2D eigenvalue weighted by Crippen LogP contribution is -2.30. The Balaban J connectivity index is 4.45. The van der Waals surface area contributed by atoms with Crippen molar-refractivity contribution in [3.8, 4) is 0 Å². The molecular weight excluding hydrogens is 805 g/mol. The van der Waals surface area contributed by atoms with Crippen molar-refractivity contribution in [3.63, 3.8) is 0 Å². The third-order valence-corrected chi connectivity index (χ3v) is 11.7. The second-order valence-electron chi connectivity index (χ2n) is 18.1. The number of esters is 3. The molecule has 0 heterocycles. The summed E-state index contributed by atoms with van der Waals surface area (Å²) < 4.78 is 16.8. The zero-order valence-corrected chi connectivity index (χ0v) is 42.7. The zero-order chi connectivity index (χ0) is 47.2. The van der Waals surface area contributed by atoms with Gasteiger partial charge in [-0.1, -0.05) is 209 Å². The van der Waals surface area contributed by atoms with Crippen molar-refractivity contribution < 1.29 is 28.6 Å². The van der Waals surface area contributed by atoms with E-state index in [1.165, 1.54) is 128 Å². The minimum absolute atomic E-state index is 0.0938. The molecule has 0 amide bonds. The van der Waals surface area contributed by atoms with Gasteiger partial charge in [-0.3, -0.25) is 14.4 Å². The fraction of sp³-hybridized carbons (Fsp3) is 0.746. The summed E-state index contributed by atoms with van der Waals surface area (Å²) >= 11 is 0. The molecule has 6 nitrogen and oxygen atoms in total. The number of unbranched alkanes of at least 4 members (excludes halogenated alkanes) is 26. The van der Waals surface area contributed by atoms with E-state index in [-0.39, 0.29) is 31.1 Å². The van der Waals surface area contributed by atoms with Crippen LogP contribution in [0.25, 0.3) is 0 Å². The normalized spacial score (nSPS) is 12.6. The van der Waals surface area contributed by atoms with Gasteiger partial charge >= 0.3 is 17.9 Å². The Morgan fingerprint density at radius 1 is 0.323 bits per heavy atom. The van der Waals surface area contributed by atoms with Gasteiger partial charge in [-0.2, -0.15) is 0 Å². The molecule has 0 saturated carbocycles. The van der Waals surface area contributed by atoms with E-state index in [0.29, 0.717) is 19.3 Å². The van der Waals surface area contributed by atoms with Crippen LogP contribution in [0.3, 0.4) is 0 Å². The number of hydrogen-bond donors (Lipinski definition) is 0. The summed E-state index contributed by atoms with van der Waals surface area (Å²) in [5.74, 6) is -0.945. The first kappa shape index (κ1) is 61.9. The summed E-state index contributed by atoms with van der Waals surface area (Å²) in [4.78, 5) is 38.1. The summed E-state index contributed by atoms with van der Waals surface area (Å²) in [6.45, 7) is 6.48. The Kier molecular flexibility index (Phi) is 50.9. The Morgan fingerprint density at radius 2 is 0.600 bits per heavy atom. The molecule has 0 radical (unpaired) electrons. The number of rotatable bonds is 49. The molecule has 0 fully saturated rings. The minimum Gasteiger partial charge on any atom is -0.462 e. The van der Waals surface area contributed by atoms with E-state index in [9.17, 15) is 14.4 Å². The first-order valence-electron chi connectivity index (χ1n) is 27.4. The van der Waals surface area contributed by atoms with Gasteiger partial charge < -0.3 is 14.2 Å². The van der Waals surface area contributed by atoms with Gasteiger partial charge in [0, 0.05) is 19.3 Å². The topological polar surface area (TPSA) is 78.9 Å². The molecule has 0 rings (SSSR count). The van der Waals surface area contributed by atoms with E-state index in [4.69, 9.17) is 14.2 Å². The molecule has 0 aromatic heterocycles. The van der Waals surface area contributed by atoms with Crippen molar-refractivity contribution in [1.82, 2.24) is 0 Å². The third kappa shape index (κ3) is 51.7. The van der Waals surface area contributed by atoms with Crippen LogP contribution in [0.5, 0.6) is 0 Å². The molecule has 0 spiro atoms. The Hall–Kier alpha value is -3.15. The Bertz CT molecular complexity index is 1230. The fourth-order valence-corrected chi connectivity index (χ4v) is 7.54. The maximum absolute atomic E-state index is 12.8. The van der Waals surface area contributed by atoms with Crippen LogP contribution in [0.15, 0.2) is 72.9 Å². The van der Waals surface area contributed by atoms with Crippen molar-refractivity contribution in [1.29, 1.82) is 0 Å². The largest absolute Gasteiger partial charge is 0.462 e. The molecule has 0 aliphatic carbocycles. The van der Waals surface area contributed by atoms with Crippen molar-refractivity contribution in [2.45, 2.75) is 271 Å². The smallest absolute Gasteiger partial charge is 0.306 e. The predicted octanol–water partition coefficient (Wildman–Crippen LogP) is 18.2. The summed E-state index contributed by atoms with van der Waals surface area (Å²) in [5.41, 5.74) is 0. The third-order valence-electron chi connectivity index (χ3n) is 11.7. The SMILES string of the molecule is CC/C=C\C/C=C\C/C=C\C/C=C\CCCCC(=O)OC[C@H](COC(=O)CCCCCCCCC/C=C\CCCCCCCC)OC(=O)CCCCCCC/C=C\CCCCCCCC. The van der Waals surface area contributed by atoms with Gasteiger partial charge in [0.2, 0.25) is 0 Å². The highest BCUT2D eigenvalue weighted by molar-refractivity contribution is 5.71. The number of carbonyl (C=O) groups is 3. The molecule has 65 heavy (non-hydrogen) atoms. The number of carbonyl (C=O) groups excluding carboxylic acids is 3. The van der Waals surface area contributed by atoms with E-state index in [1.807, 2.05) is 0 Å². The van der Waals surface area contributed by atoms with E-state index in [0.717, 1.165) is 96.3 Å². The summed E-state index contributed by atoms with van der Waals surface area (Å²) in [6, 6.07) is 0. The molecule has 0 saturated heterocycles. The lowest BCUT2D eigenvalue weighted by Gasteiger charge is -2.18. The van der Waals surface area contributed by atoms with Crippen LogP contribution in [-0.2, 0) is 28.6 Å². The van der Waals surface area contributed by atoms with E-state index in [1.54, 1.807) is 0 Å². The second-order valence-corrected chi connectivity index (χ2v) is 18.1. The van der Waals surface area contributed by atoms with Gasteiger partial charge in [0.05, 0.1) is 0 Å². The first-order chi connectivity index (χ1) is 32.0. The second kappa shape index (κ2) is 53.5. The fourth-order valence-electron chi connectivity index (χ4n) is 7.54. The minimum atomic E-state index is -0.798. The van der Waals surface area contributed by atoms with Crippen LogP contribution >= 0.6 is 0 Å². The average molecular weight is 907 g/mol. The molecule has 0 unspecified atom stereocenters. The molecule has 0 aliphatic rings. The Morgan fingerprint density at radius 3 is 0.985 bits per heavy atom. The molecule has 374 valence electrons. The van der Waals surface area contributed by atoms with Crippen molar-refractivity contribution in [3.05, 3.63) is 72.9 Å². The molecule has 0 N–H and O–H groups in total. The van der Waals surface area contributed by atoms with E-state index < -0.39 is 6.10 Å². The predicted molar refractivity (Wildman–Crippen MR) is 279 cm³/mol. The highest BCUT2D eigenvalue weighted by atomic mass is 16.6. The van der Waals surface area contributed by atoms with Gasteiger partial charge in [0.25, 0.3) is 0 Å². The lowest BCUT2D eigenvalue weighted by atomic mass is 10.1. The molecule has 0 aromatic carbocycles. The molecule has 0 aliphatic heterocycles. The summed E-state index contributed by atoms with van der Waals surface area (Å²) in [5, 5.41) is 0. The van der Waals surface area contributed by atoms with Crippen LogP contribution < -0.4 is 0 Å². The van der Waals surface area contributed by atoms with Crippen molar-refractivity contribution >= 4 is 17.9 Å². The Labute approximate surface area is 402 Å². The van der Waals surface area contributed by atoms with Gasteiger partial charge in [0.15, 0.2) is 6.10 Å². The number of ether oxygens (including phenoxy) is 3. The van der Waals surface area contributed by atoms with Gasteiger partial charge in [-0.05, 0) is 109 Å². The van der Waals surface area contributed by atoms with Crippen molar-refractivity contribution in [2.24, 2.45) is 0 Å². The molecule has 0 bridgehead atoms. The standard InChI is InChI=1S/C59H102O6/c1-4-7-10-13-16-19-22-25-28-29-32-34-37-40-43-46-49-52-58(61)64-55-56(65-59(62)53-50-47-44-41-38-35-31-27-24-21-18-15-12-9-6-3)54-63-57(60)51-48-45-42-39-36-33-30-26-23-20-17-14-11-8-5-2/h8,11,17,20,25-28,30-31,36,39,56H,4-7,9-10,12-16,18-19,21-24,29,32-35,37-38,40-55H2,1-3H3/b11-8-,20-17-,28-25-,30-26-,31-27-,39-36-/t56-/m1/s1. The first-order valence-corrected chi connectivity index (χ1v) is 27.4. The van der Waals surface area contributed by atoms with Crippen LogP contribution in [0.2, 0.25) is 0 Å². The maximum Gasteiger partial charge on any atom is 0.306 e. The molecule has 1 atom stereocenters. The zero-order valence-electron chi connectivity index (χ0n) is 42.7. The van der Waals surface area contributed by atoms with Gasteiger partial charge in [0.1, 0.15) is 13.2 Å². The quantitative estimate of drug-likeness (QED) is 0.0262. The summed E-state index contributed by atoms with van der Waals surface area (Å²) in [7, 11) is 0. The maximum atomic E-state index is 12.8. The van der Waals surface area contributed by atoms with E-state index in [2.05, 4.69) is 93.7 Å². The van der Waals surface area contributed by atoms with Gasteiger partial charge in [-0.15, -0.1) is 0 Å².